The zero-order valence-corrected chi connectivity index (χ0v) is 11.5. The monoisotopic (exact) mass is 242 g/mol. The van der Waals surface area contributed by atoms with Gasteiger partial charge in [0.15, 0.2) is 0 Å². The Kier molecular flexibility index (Phi) is 4.95. The number of carbonyl (C=O) groups excluding carboxylic acids is 1. The minimum Gasteiger partial charge on any atom is -0.379 e. The van der Waals surface area contributed by atoms with E-state index in [1.807, 2.05) is 6.92 Å². The molecule has 1 fully saturated rings. The molecular weight excluding hydrogens is 216 g/mol. The summed E-state index contributed by atoms with van der Waals surface area (Å²) in [6.07, 6.45) is 2.15. The minimum absolute atomic E-state index is 0.0262. The highest BCUT2D eigenvalue weighted by Gasteiger charge is 2.44. The van der Waals surface area contributed by atoms with Gasteiger partial charge < -0.3 is 15.8 Å². The molecule has 1 saturated heterocycles. The van der Waals surface area contributed by atoms with E-state index in [1.54, 1.807) is 0 Å². The lowest BCUT2D eigenvalue weighted by Gasteiger charge is -2.28. The molecule has 0 aromatic heterocycles. The van der Waals surface area contributed by atoms with Crippen molar-refractivity contribution in [2.45, 2.75) is 52.6 Å². The molecule has 4 atom stereocenters. The van der Waals surface area contributed by atoms with Crippen molar-refractivity contribution >= 4 is 5.91 Å². The molecule has 1 aliphatic heterocycles. The topological polar surface area (TPSA) is 64.3 Å². The third kappa shape index (κ3) is 3.42. The number of rotatable bonds is 5. The van der Waals surface area contributed by atoms with E-state index in [9.17, 15) is 4.79 Å². The van der Waals surface area contributed by atoms with Crippen LogP contribution in [0.1, 0.15) is 40.5 Å². The summed E-state index contributed by atoms with van der Waals surface area (Å²) >= 11 is 0. The van der Waals surface area contributed by atoms with Crippen LogP contribution in [0.4, 0.5) is 0 Å². The van der Waals surface area contributed by atoms with Gasteiger partial charge >= 0.3 is 0 Å². The summed E-state index contributed by atoms with van der Waals surface area (Å²) in [5, 5.41) is 3.06. The van der Waals surface area contributed by atoms with Crippen LogP contribution in [-0.4, -0.2) is 31.2 Å². The van der Waals surface area contributed by atoms with E-state index in [0.717, 1.165) is 12.8 Å². The van der Waals surface area contributed by atoms with Gasteiger partial charge in [-0.25, -0.2) is 0 Å². The third-order valence-corrected chi connectivity index (χ3v) is 3.87. The lowest BCUT2D eigenvalue weighted by molar-refractivity contribution is -0.131. The van der Waals surface area contributed by atoms with E-state index in [2.05, 4.69) is 26.1 Å². The maximum absolute atomic E-state index is 12.2. The second-order valence-electron chi connectivity index (χ2n) is 5.66. The Morgan fingerprint density at radius 2 is 2.24 bits per heavy atom. The molecular formula is C13H26N2O2. The Morgan fingerprint density at radius 1 is 1.59 bits per heavy atom. The van der Waals surface area contributed by atoms with Gasteiger partial charge in [0.1, 0.15) is 0 Å². The number of hydrogen-bond donors (Lipinski definition) is 2. The Morgan fingerprint density at radius 3 is 2.71 bits per heavy atom. The van der Waals surface area contributed by atoms with Crippen LogP contribution in [0.3, 0.4) is 0 Å². The van der Waals surface area contributed by atoms with Crippen molar-refractivity contribution in [2.24, 2.45) is 17.1 Å². The first kappa shape index (κ1) is 14.5. The fraction of sp³-hybridized carbons (Fsp3) is 0.923. The summed E-state index contributed by atoms with van der Waals surface area (Å²) in [7, 11) is 0. The van der Waals surface area contributed by atoms with Gasteiger partial charge in [-0.15, -0.1) is 0 Å². The SMILES string of the molecule is CCC(C)CC(C)NC(=O)C1(C)COCC1N. The molecule has 4 unspecified atom stereocenters. The van der Waals surface area contributed by atoms with E-state index in [-0.39, 0.29) is 18.0 Å². The molecule has 1 amide bonds. The summed E-state index contributed by atoms with van der Waals surface area (Å²) in [4.78, 5) is 12.2. The molecule has 0 radical (unpaired) electrons. The van der Waals surface area contributed by atoms with E-state index >= 15 is 0 Å². The van der Waals surface area contributed by atoms with Gasteiger partial charge in [0, 0.05) is 12.1 Å². The van der Waals surface area contributed by atoms with Crippen molar-refractivity contribution < 1.29 is 9.53 Å². The van der Waals surface area contributed by atoms with E-state index in [0.29, 0.717) is 19.1 Å². The van der Waals surface area contributed by atoms with Crippen molar-refractivity contribution in [2.75, 3.05) is 13.2 Å². The summed E-state index contributed by atoms with van der Waals surface area (Å²) in [6, 6.07) is 0.000346. The smallest absolute Gasteiger partial charge is 0.230 e. The quantitative estimate of drug-likeness (QED) is 0.763. The minimum atomic E-state index is -0.566. The normalized spacial score (nSPS) is 32.2. The molecule has 0 aliphatic carbocycles. The molecule has 3 N–H and O–H groups in total. The van der Waals surface area contributed by atoms with Gasteiger partial charge in [-0.3, -0.25) is 4.79 Å². The second-order valence-corrected chi connectivity index (χ2v) is 5.66. The van der Waals surface area contributed by atoms with Crippen LogP contribution in [0.15, 0.2) is 0 Å². The molecule has 0 saturated carbocycles. The Bertz CT molecular complexity index is 270. The Hall–Kier alpha value is -0.610. The van der Waals surface area contributed by atoms with Crippen molar-refractivity contribution in [3.05, 3.63) is 0 Å². The van der Waals surface area contributed by atoms with Gasteiger partial charge in [-0.1, -0.05) is 20.3 Å². The van der Waals surface area contributed by atoms with Crippen LogP contribution in [0.5, 0.6) is 0 Å². The molecule has 0 aromatic carbocycles. The Labute approximate surface area is 104 Å². The van der Waals surface area contributed by atoms with Crippen LogP contribution in [0.2, 0.25) is 0 Å². The highest BCUT2D eigenvalue weighted by atomic mass is 16.5. The van der Waals surface area contributed by atoms with Crippen LogP contribution in [-0.2, 0) is 9.53 Å². The number of nitrogens with one attached hydrogen (secondary N) is 1. The molecule has 0 spiro atoms. The first-order valence-corrected chi connectivity index (χ1v) is 6.54. The predicted molar refractivity (Wildman–Crippen MR) is 68.6 cm³/mol. The molecule has 1 heterocycles. The highest BCUT2D eigenvalue weighted by molar-refractivity contribution is 5.83. The Balaban J connectivity index is 2.48. The van der Waals surface area contributed by atoms with Crippen molar-refractivity contribution in [3.63, 3.8) is 0 Å². The molecule has 0 aromatic rings. The van der Waals surface area contributed by atoms with Gasteiger partial charge in [-0.05, 0) is 26.2 Å². The molecule has 1 rings (SSSR count). The van der Waals surface area contributed by atoms with Crippen LogP contribution < -0.4 is 11.1 Å². The third-order valence-electron chi connectivity index (χ3n) is 3.87. The average molecular weight is 242 g/mol. The second kappa shape index (κ2) is 5.83. The predicted octanol–water partition coefficient (Wildman–Crippen LogP) is 1.29. The van der Waals surface area contributed by atoms with Gasteiger partial charge in [-0.2, -0.15) is 0 Å². The first-order chi connectivity index (χ1) is 7.90. The van der Waals surface area contributed by atoms with Crippen LogP contribution in [0.25, 0.3) is 0 Å². The first-order valence-electron chi connectivity index (χ1n) is 6.54. The molecule has 4 heteroatoms. The number of ether oxygens (including phenoxy) is 1. The number of nitrogens with two attached hydrogens (primary N) is 1. The van der Waals surface area contributed by atoms with Crippen molar-refractivity contribution in [1.29, 1.82) is 0 Å². The maximum Gasteiger partial charge on any atom is 0.230 e. The fourth-order valence-electron chi connectivity index (χ4n) is 2.14. The van der Waals surface area contributed by atoms with Gasteiger partial charge in [0.05, 0.1) is 18.6 Å². The van der Waals surface area contributed by atoms with Gasteiger partial charge in [0.2, 0.25) is 5.91 Å². The molecule has 0 bridgehead atoms. The number of hydrogen-bond acceptors (Lipinski definition) is 3. The number of carbonyl (C=O) groups is 1. The van der Waals surface area contributed by atoms with Crippen LogP contribution >= 0.6 is 0 Å². The molecule has 17 heavy (non-hydrogen) atoms. The van der Waals surface area contributed by atoms with E-state index in [4.69, 9.17) is 10.5 Å². The standard InChI is InChI=1S/C13H26N2O2/c1-5-9(2)6-10(3)15-12(16)13(4)8-17-7-11(13)14/h9-11H,5-8,14H2,1-4H3,(H,15,16). The fourth-order valence-corrected chi connectivity index (χ4v) is 2.14. The average Bonchev–Trinajstić information content (AvgIpc) is 2.60. The zero-order chi connectivity index (χ0) is 13.1. The summed E-state index contributed by atoms with van der Waals surface area (Å²) in [5.74, 6) is 0.657. The lowest BCUT2D eigenvalue weighted by Crippen LogP contribution is -2.52. The van der Waals surface area contributed by atoms with Crippen molar-refractivity contribution in [3.8, 4) is 0 Å². The molecule has 1 aliphatic rings. The van der Waals surface area contributed by atoms with Crippen molar-refractivity contribution in [1.82, 2.24) is 5.32 Å². The summed E-state index contributed by atoms with van der Waals surface area (Å²) < 4.78 is 5.29. The summed E-state index contributed by atoms with van der Waals surface area (Å²) in [5.41, 5.74) is 5.37. The summed E-state index contributed by atoms with van der Waals surface area (Å²) in [6.45, 7) is 9.21. The largest absolute Gasteiger partial charge is 0.379 e. The maximum atomic E-state index is 12.2. The van der Waals surface area contributed by atoms with E-state index < -0.39 is 5.41 Å². The number of amides is 1. The van der Waals surface area contributed by atoms with Gasteiger partial charge in [0.25, 0.3) is 0 Å². The molecule has 4 nitrogen and oxygen atoms in total. The highest BCUT2D eigenvalue weighted by Crippen LogP contribution is 2.27. The van der Waals surface area contributed by atoms with E-state index in [1.165, 1.54) is 0 Å². The lowest BCUT2D eigenvalue weighted by atomic mass is 9.84. The molecule has 100 valence electrons. The van der Waals surface area contributed by atoms with Crippen LogP contribution in [0, 0.1) is 11.3 Å². The zero-order valence-electron chi connectivity index (χ0n) is 11.5.